The number of carbonyl (C=O) groups excluding carboxylic acids is 2. The molecule has 6 heteroatoms. The van der Waals surface area contributed by atoms with E-state index in [1.807, 2.05) is 40.0 Å². The van der Waals surface area contributed by atoms with Crippen molar-refractivity contribution in [1.82, 2.24) is 10.2 Å². The van der Waals surface area contributed by atoms with Gasteiger partial charge in [0.15, 0.2) is 0 Å². The third-order valence-electron chi connectivity index (χ3n) is 15.5. The molecule has 0 bridgehead atoms. The van der Waals surface area contributed by atoms with Gasteiger partial charge in [-0.15, -0.1) is 0 Å². The van der Waals surface area contributed by atoms with Crippen molar-refractivity contribution in [1.29, 1.82) is 0 Å². The molecule has 6 unspecified atom stereocenters. The summed E-state index contributed by atoms with van der Waals surface area (Å²) in [6.45, 7) is 20.9. The van der Waals surface area contributed by atoms with Crippen LogP contribution in [0.3, 0.4) is 0 Å². The van der Waals surface area contributed by atoms with Gasteiger partial charge in [0.25, 0.3) is 0 Å². The molecule has 4 saturated carbocycles. The molecular formula is C43H66N2O4. The Hall–Kier alpha value is -2.18. The second-order valence-electron chi connectivity index (χ2n) is 19.2. The van der Waals surface area contributed by atoms with Gasteiger partial charge in [0.2, 0.25) is 5.91 Å². The maximum absolute atomic E-state index is 14.0. The fraction of sp³-hybridized carbons (Fsp3) is 0.767. The Balaban J connectivity index is 1.22. The van der Waals surface area contributed by atoms with Crippen LogP contribution in [-0.2, 0) is 9.53 Å². The largest absolute Gasteiger partial charge is 0.456 e. The first-order valence-electron chi connectivity index (χ1n) is 19.6. The van der Waals surface area contributed by atoms with Gasteiger partial charge in [-0.2, -0.15) is 0 Å². The van der Waals surface area contributed by atoms with Gasteiger partial charge in [-0.1, -0.05) is 59.2 Å². The molecule has 4 fully saturated rings. The molecule has 6 rings (SSSR count). The number of hydrogen-bond acceptors (Lipinski definition) is 5. The lowest BCUT2D eigenvalue weighted by Crippen LogP contribution is -2.66. The fourth-order valence-corrected chi connectivity index (χ4v) is 13.0. The summed E-state index contributed by atoms with van der Waals surface area (Å²) in [5.74, 6) is 2.40. The van der Waals surface area contributed by atoms with Crippen LogP contribution in [0.1, 0.15) is 136 Å². The van der Waals surface area contributed by atoms with E-state index in [9.17, 15) is 14.7 Å². The van der Waals surface area contributed by atoms with Crippen LogP contribution in [-0.4, -0.2) is 60.8 Å². The average molecular weight is 675 g/mol. The van der Waals surface area contributed by atoms with Crippen LogP contribution in [0.4, 0.5) is 0 Å². The third kappa shape index (κ3) is 5.93. The molecule has 0 saturated heterocycles. The van der Waals surface area contributed by atoms with Crippen LogP contribution in [0.25, 0.3) is 5.57 Å². The quantitative estimate of drug-likeness (QED) is 0.270. The molecule has 0 heterocycles. The lowest BCUT2D eigenvalue weighted by molar-refractivity contribution is -0.222. The number of ether oxygens (including phenoxy) is 1. The van der Waals surface area contributed by atoms with E-state index in [-0.39, 0.29) is 39.7 Å². The Morgan fingerprint density at radius 2 is 1.59 bits per heavy atom. The molecule has 6 nitrogen and oxygen atoms in total. The Labute approximate surface area is 297 Å². The molecule has 49 heavy (non-hydrogen) atoms. The van der Waals surface area contributed by atoms with Crippen LogP contribution < -0.4 is 5.32 Å². The van der Waals surface area contributed by atoms with Crippen LogP contribution in [0.15, 0.2) is 30.3 Å². The number of nitrogens with one attached hydrogen (secondary N) is 1. The second kappa shape index (κ2) is 12.8. The zero-order valence-corrected chi connectivity index (χ0v) is 32.2. The van der Waals surface area contributed by atoms with Crippen molar-refractivity contribution in [2.24, 2.45) is 50.7 Å². The lowest BCUT2D eigenvalue weighted by Gasteiger charge is -2.72. The van der Waals surface area contributed by atoms with Crippen LogP contribution in [0.5, 0.6) is 0 Å². The maximum Gasteiger partial charge on any atom is 0.338 e. The predicted octanol–water partition coefficient (Wildman–Crippen LogP) is 8.53. The van der Waals surface area contributed by atoms with E-state index >= 15 is 0 Å². The molecule has 1 aromatic carbocycles. The van der Waals surface area contributed by atoms with Crippen molar-refractivity contribution in [3.05, 3.63) is 41.5 Å². The zero-order valence-electron chi connectivity index (χ0n) is 32.2. The molecule has 0 aromatic heterocycles. The number of carbonyl (C=O) groups is 2. The highest BCUT2D eigenvalue weighted by molar-refractivity contribution is 5.90. The molecule has 0 radical (unpaired) electrons. The zero-order chi connectivity index (χ0) is 35.6. The first-order chi connectivity index (χ1) is 22.9. The van der Waals surface area contributed by atoms with E-state index in [0.717, 1.165) is 32.2 Å². The van der Waals surface area contributed by atoms with Gasteiger partial charge in [0, 0.05) is 19.6 Å². The summed E-state index contributed by atoms with van der Waals surface area (Å²) in [7, 11) is 2.01. The molecule has 5 aliphatic rings. The van der Waals surface area contributed by atoms with Crippen molar-refractivity contribution >= 4 is 17.4 Å². The number of allylic oxidation sites excluding steroid dienone is 2. The van der Waals surface area contributed by atoms with E-state index in [1.165, 1.54) is 49.7 Å². The Kier molecular flexibility index (Phi) is 9.56. The van der Waals surface area contributed by atoms with Gasteiger partial charge < -0.3 is 20.1 Å². The second-order valence-corrected chi connectivity index (χ2v) is 19.2. The molecule has 0 spiro atoms. The third-order valence-corrected chi connectivity index (χ3v) is 15.5. The Bertz CT molecular complexity index is 1440. The first kappa shape index (κ1) is 36.6. The predicted molar refractivity (Wildman–Crippen MR) is 198 cm³/mol. The summed E-state index contributed by atoms with van der Waals surface area (Å²) in [5.41, 5.74) is 3.31. The summed E-state index contributed by atoms with van der Waals surface area (Å²) in [5, 5.41) is 12.7. The van der Waals surface area contributed by atoms with Crippen LogP contribution >= 0.6 is 0 Å². The standard InChI is InChI=1S/C43H66N2O4/c1-38(2,3)49-36(47)30-14-12-29(13-15-30)31-18-21-40(6)34(39(31,4)5)19-22-42(8)35(40)17-16-32-33-11-10-20-43(33,24-23-41(32,42)7)37(48)44-25-26-45(9)27-28-46/h12-15,18,32-35,46H,10-11,16-17,19-28H2,1-9H3,(H,44,48)/t32?,33-,34?,35?,40?,41-,42?,43?/m1/s1. The van der Waals surface area contributed by atoms with Crippen molar-refractivity contribution in [3.63, 3.8) is 0 Å². The average Bonchev–Trinajstić information content (AvgIpc) is 3.46. The van der Waals surface area contributed by atoms with Crippen molar-refractivity contribution in [3.8, 4) is 0 Å². The Morgan fingerprint density at radius 1 is 0.878 bits per heavy atom. The minimum atomic E-state index is -0.509. The molecule has 8 atom stereocenters. The smallest absolute Gasteiger partial charge is 0.338 e. The number of benzene rings is 1. The van der Waals surface area contributed by atoms with Gasteiger partial charge in [-0.05, 0) is 154 Å². The fourth-order valence-electron chi connectivity index (χ4n) is 13.0. The van der Waals surface area contributed by atoms with Crippen LogP contribution in [0, 0.1) is 50.7 Å². The van der Waals surface area contributed by atoms with E-state index in [0.29, 0.717) is 48.2 Å². The molecular weight excluding hydrogens is 608 g/mol. The molecule has 272 valence electrons. The van der Waals surface area contributed by atoms with E-state index in [2.05, 4.69) is 63.0 Å². The molecule has 1 aromatic rings. The van der Waals surface area contributed by atoms with Crippen molar-refractivity contribution < 1.29 is 19.4 Å². The van der Waals surface area contributed by atoms with Gasteiger partial charge >= 0.3 is 5.97 Å². The highest BCUT2D eigenvalue weighted by atomic mass is 16.6. The number of rotatable bonds is 8. The lowest BCUT2D eigenvalue weighted by atomic mass is 9.32. The maximum atomic E-state index is 14.0. The van der Waals surface area contributed by atoms with Gasteiger partial charge in [0.1, 0.15) is 5.60 Å². The van der Waals surface area contributed by atoms with Crippen LogP contribution in [0.2, 0.25) is 0 Å². The molecule has 2 N–H and O–H groups in total. The number of amides is 1. The van der Waals surface area contributed by atoms with Gasteiger partial charge in [0.05, 0.1) is 17.6 Å². The van der Waals surface area contributed by atoms with Crippen molar-refractivity contribution in [2.75, 3.05) is 33.3 Å². The summed E-state index contributed by atoms with van der Waals surface area (Å²) < 4.78 is 5.63. The number of aliphatic hydroxyl groups excluding tert-OH is 1. The monoisotopic (exact) mass is 675 g/mol. The molecule has 5 aliphatic carbocycles. The Morgan fingerprint density at radius 3 is 2.27 bits per heavy atom. The summed E-state index contributed by atoms with van der Waals surface area (Å²) >= 11 is 0. The first-order valence-corrected chi connectivity index (χ1v) is 19.6. The number of hydrogen-bond donors (Lipinski definition) is 2. The number of aliphatic hydroxyl groups is 1. The summed E-state index contributed by atoms with van der Waals surface area (Å²) in [6.07, 6.45) is 14.3. The topological polar surface area (TPSA) is 78.9 Å². The van der Waals surface area contributed by atoms with Gasteiger partial charge in [-0.25, -0.2) is 4.79 Å². The summed E-state index contributed by atoms with van der Waals surface area (Å²) in [6, 6.07) is 8.15. The number of nitrogens with zero attached hydrogens (tertiary/aromatic N) is 1. The van der Waals surface area contributed by atoms with Crippen molar-refractivity contribution in [2.45, 2.75) is 125 Å². The highest BCUT2D eigenvalue weighted by Gasteiger charge is 2.70. The minimum absolute atomic E-state index is 0.0238. The molecule has 0 aliphatic heterocycles. The van der Waals surface area contributed by atoms with E-state index < -0.39 is 5.60 Å². The highest BCUT2D eigenvalue weighted by Crippen LogP contribution is 2.77. The minimum Gasteiger partial charge on any atom is -0.456 e. The number of esters is 1. The van der Waals surface area contributed by atoms with E-state index in [1.54, 1.807) is 0 Å². The molecule has 1 amide bonds. The number of likely N-dealkylation sites (N-methyl/N-ethyl adjacent to an activating group) is 1. The normalized spacial score (nSPS) is 38.1. The SMILES string of the molecule is CN(CCO)CCNC(=O)C12CCC[C@@H]1C1CCC3C4(C)CC=C(c5ccc(C(=O)OC(C)(C)C)cc5)C(C)(C)C4CCC3(C)[C@]1(C)CC2. The number of fused-ring (bicyclic) bond motifs is 7. The van der Waals surface area contributed by atoms with E-state index in [4.69, 9.17) is 4.74 Å². The summed E-state index contributed by atoms with van der Waals surface area (Å²) in [4.78, 5) is 28.9. The van der Waals surface area contributed by atoms with Gasteiger partial charge in [-0.3, -0.25) is 4.79 Å².